The highest BCUT2D eigenvalue weighted by molar-refractivity contribution is 7.80. The highest BCUT2D eigenvalue weighted by Crippen LogP contribution is 2.49. The lowest BCUT2D eigenvalue weighted by Crippen LogP contribution is -2.43. The van der Waals surface area contributed by atoms with Gasteiger partial charge in [-0.05, 0) is 64.6 Å². The minimum atomic E-state index is -4.49. The molecule has 1 amide bonds. The van der Waals surface area contributed by atoms with Crippen LogP contribution in [0.15, 0.2) is 41.4 Å². The van der Waals surface area contributed by atoms with E-state index in [4.69, 9.17) is 28.0 Å². The summed E-state index contributed by atoms with van der Waals surface area (Å²) in [6, 6.07) is 9.83. The fraction of sp³-hybridized carbons (Fsp3) is 0.391. The summed E-state index contributed by atoms with van der Waals surface area (Å²) in [5.41, 5.74) is 5.24. The molecule has 2 aromatic rings. The number of halogens is 5. The Morgan fingerprint density at radius 3 is 2.19 bits per heavy atom. The SMILES string of the molecule is Cc1cc(C2=NCC(c3cc(Cl)cc(Cl)c3)(C(F)(F)F)C2)ccc1C(C)(C)CS.NC=O. The molecule has 0 saturated carbocycles. The number of nitrogens with two attached hydrogens (primary N) is 1. The van der Waals surface area contributed by atoms with Crippen molar-refractivity contribution in [3.8, 4) is 0 Å². The fourth-order valence-corrected chi connectivity index (χ4v) is 4.58. The van der Waals surface area contributed by atoms with E-state index in [1.807, 2.05) is 25.1 Å². The average Bonchev–Trinajstić information content (AvgIpc) is 3.14. The van der Waals surface area contributed by atoms with Gasteiger partial charge in [-0.25, -0.2) is 0 Å². The largest absolute Gasteiger partial charge is 0.400 e. The summed E-state index contributed by atoms with van der Waals surface area (Å²) in [5.74, 6) is 0.668. The second kappa shape index (κ2) is 10.1. The molecule has 0 spiro atoms. The first-order valence-corrected chi connectivity index (χ1v) is 11.1. The summed E-state index contributed by atoms with van der Waals surface area (Å²) >= 11 is 16.4. The number of thiol groups is 1. The van der Waals surface area contributed by atoms with Crippen molar-refractivity contribution in [1.82, 2.24) is 0 Å². The normalized spacial score (nSPS) is 18.6. The predicted molar refractivity (Wildman–Crippen MR) is 129 cm³/mol. The third-order valence-corrected chi connectivity index (χ3v) is 6.88. The molecule has 0 aliphatic carbocycles. The molecule has 3 rings (SSSR count). The van der Waals surface area contributed by atoms with Gasteiger partial charge >= 0.3 is 6.18 Å². The van der Waals surface area contributed by atoms with Crippen LogP contribution in [0.5, 0.6) is 0 Å². The number of rotatable bonds is 4. The molecule has 0 aromatic heterocycles. The average molecular weight is 505 g/mol. The van der Waals surface area contributed by atoms with Crippen LogP contribution in [0, 0.1) is 6.92 Å². The molecule has 0 saturated heterocycles. The van der Waals surface area contributed by atoms with Gasteiger partial charge in [-0.1, -0.05) is 49.2 Å². The Morgan fingerprint density at radius 1 is 1.16 bits per heavy atom. The zero-order valence-electron chi connectivity index (χ0n) is 17.9. The number of alkyl halides is 3. The van der Waals surface area contributed by atoms with E-state index in [0.717, 1.165) is 11.1 Å². The zero-order valence-corrected chi connectivity index (χ0v) is 20.3. The van der Waals surface area contributed by atoms with Crippen molar-refractivity contribution < 1.29 is 18.0 Å². The van der Waals surface area contributed by atoms with Gasteiger partial charge in [0.2, 0.25) is 6.41 Å². The van der Waals surface area contributed by atoms with E-state index < -0.39 is 11.6 Å². The number of amides is 1. The number of carbonyl (C=O) groups is 1. The molecular weight excluding hydrogens is 480 g/mol. The molecule has 1 unspecified atom stereocenters. The van der Waals surface area contributed by atoms with Crippen LogP contribution in [0.1, 0.15) is 42.5 Å². The maximum atomic E-state index is 14.2. The molecule has 32 heavy (non-hydrogen) atoms. The Hall–Kier alpha value is -1.70. The van der Waals surface area contributed by atoms with Crippen molar-refractivity contribution in [1.29, 1.82) is 0 Å². The lowest BCUT2D eigenvalue weighted by atomic mass is 9.76. The maximum Gasteiger partial charge on any atom is 0.400 e. The van der Waals surface area contributed by atoms with Crippen LogP contribution in [0.25, 0.3) is 0 Å². The summed E-state index contributed by atoms with van der Waals surface area (Å²) < 4.78 is 42.7. The Kier molecular flexibility index (Phi) is 8.35. The molecule has 1 aliphatic rings. The Labute approximate surface area is 201 Å². The van der Waals surface area contributed by atoms with Crippen LogP contribution in [0.2, 0.25) is 10.0 Å². The lowest BCUT2D eigenvalue weighted by Gasteiger charge is -2.32. The third-order valence-electron chi connectivity index (χ3n) is 5.65. The number of aliphatic imine (C=N–C) groups is 1. The van der Waals surface area contributed by atoms with Gasteiger partial charge in [0.15, 0.2) is 0 Å². The number of hydrogen-bond donors (Lipinski definition) is 2. The smallest absolute Gasteiger partial charge is 0.372 e. The number of carbonyl (C=O) groups excluding carboxylic acids is 1. The van der Waals surface area contributed by atoms with E-state index in [1.165, 1.54) is 18.2 Å². The summed E-state index contributed by atoms with van der Waals surface area (Å²) in [6.07, 6.45) is -4.49. The van der Waals surface area contributed by atoms with Crippen LogP contribution < -0.4 is 5.73 Å². The van der Waals surface area contributed by atoms with Gasteiger partial charge in [-0.15, -0.1) is 0 Å². The van der Waals surface area contributed by atoms with Crippen molar-refractivity contribution in [3.63, 3.8) is 0 Å². The maximum absolute atomic E-state index is 14.2. The van der Waals surface area contributed by atoms with Gasteiger partial charge in [0.25, 0.3) is 0 Å². The topological polar surface area (TPSA) is 55.4 Å². The van der Waals surface area contributed by atoms with E-state index in [0.29, 0.717) is 17.0 Å². The fourth-order valence-electron chi connectivity index (χ4n) is 3.89. The molecule has 1 atom stereocenters. The molecule has 2 N–H and O–H groups in total. The Bertz CT molecular complexity index is 1000. The number of benzene rings is 2. The Morgan fingerprint density at radius 2 is 1.72 bits per heavy atom. The highest BCUT2D eigenvalue weighted by Gasteiger charge is 2.58. The van der Waals surface area contributed by atoms with Gasteiger partial charge in [-0.3, -0.25) is 9.79 Å². The molecule has 0 radical (unpaired) electrons. The monoisotopic (exact) mass is 504 g/mol. The molecule has 1 heterocycles. The molecule has 1 aliphatic heterocycles. The van der Waals surface area contributed by atoms with Crippen molar-refractivity contribution in [2.45, 2.75) is 44.2 Å². The first-order valence-electron chi connectivity index (χ1n) is 9.75. The summed E-state index contributed by atoms with van der Waals surface area (Å²) in [6.45, 7) is 5.76. The summed E-state index contributed by atoms with van der Waals surface area (Å²) in [5, 5.41) is 0.359. The van der Waals surface area contributed by atoms with Crippen LogP contribution in [0.3, 0.4) is 0 Å². The Balaban J connectivity index is 0.00000114. The first kappa shape index (κ1) is 26.6. The molecule has 2 aromatic carbocycles. The molecule has 0 bridgehead atoms. The van der Waals surface area contributed by atoms with E-state index in [2.05, 4.69) is 37.2 Å². The summed E-state index contributed by atoms with van der Waals surface area (Å²) in [4.78, 5) is 12.9. The van der Waals surface area contributed by atoms with Crippen LogP contribution >= 0.6 is 35.8 Å². The summed E-state index contributed by atoms with van der Waals surface area (Å²) in [7, 11) is 0. The zero-order chi connectivity index (χ0) is 24.3. The van der Waals surface area contributed by atoms with Crippen molar-refractivity contribution in [2.75, 3.05) is 12.3 Å². The lowest BCUT2D eigenvalue weighted by molar-refractivity contribution is -0.183. The van der Waals surface area contributed by atoms with Crippen molar-refractivity contribution >= 4 is 48.0 Å². The van der Waals surface area contributed by atoms with E-state index in [-0.39, 0.29) is 40.4 Å². The van der Waals surface area contributed by atoms with Crippen molar-refractivity contribution in [3.05, 3.63) is 68.7 Å². The molecule has 9 heteroatoms. The van der Waals surface area contributed by atoms with E-state index in [9.17, 15) is 13.2 Å². The third kappa shape index (κ3) is 5.43. The number of aryl methyl sites for hydroxylation is 1. The van der Waals surface area contributed by atoms with Gasteiger partial charge in [-0.2, -0.15) is 25.8 Å². The van der Waals surface area contributed by atoms with Gasteiger partial charge in [0, 0.05) is 22.2 Å². The second-order valence-corrected chi connectivity index (χ2v) is 9.57. The van der Waals surface area contributed by atoms with Gasteiger partial charge in [0.05, 0.1) is 6.54 Å². The van der Waals surface area contributed by atoms with E-state index in [1.54, 1.807) is 0 Å². The first-order chi connectivity index (χ1) is 14.8. The predicted octanol–water partition coefficient (Wildman–Crippen LogP) is 6.30. The minimum Gasteiger partial charge on any atom is -0.372 e. The highest BCUT2D eigenvalue weighted by atomic mass is 35.5. The van der Waals surface area contributed by atoms with Crippen LogP contribution in [0.4, 0.5) is 13.2 Å². The molecular formula is C23H25Cl2F3N2OS. The van der Waals surface area contributed by atoms with Crippen LogP contribution in [-0.2, 0) is 15.6 Å². The number of primary amides is 1. The quantitative estimate of drug-likeness (QED) is 0.372. The molecule has 3 nitrogen and oxygen atoms in total. The van der Waals surface area contributed by atoms with Crippen LogP contribution in [-0.4, -0.2) is 30.6 Å². The molecule has 174 valence electrons. The second-order valence-electron chi connectivity index (χ2n) is 8.39. The number of nitrogens with zero attached hydrogens (tertiary/aromatic N) is 1. The van der Waals surface area contributed by atoms with Crippen molar-refractivity contribution in [2.24, 2.45) is 10.7 Å². The van der Waals surface area contributed by atoms with Gasteiger partial charge < -0.3 is 5.73 Å². The number of hydrogen-bond acceptors (Lipinski definition) is 3. The van der Waals surface area contributed by atoms with Gasteiger partial charge in [0.1, 0.15) is 5.41 Å². The van der Waals surface area contributed by atoms with E-state index >= 15 is 0 Å². The minimum absolute atomic E-state index is 0.0470. The standard InChI is InChI=1S/C22H22Cl2F3NS.CH3NO/c1-13-6-14(4-5-18(13)20(2,3)12-29)19-10-21(11-28-19,22(25,26)27)15-7-16(23)9-17(24)8-15;2-1-3/h4-9,29H,10-12H2,1-3H3;1H,(H2,2,3). The molecule has 0 fully saturated rings.